The highest BCUT2D eigenvalue weighted by Crippen LogP contribution is 2.38. The number of nitrogens with one attached hydrogen (secondary N) is 1. The molecule has 340 valence electrons. The van der Waals surface area contributed by atoms with E-state index in [2.05, 4.69) is 57.9 Å². The molecule has 0 radical (unpaired) electrons. The number of allylic oxidation sites excluding steroid dienone is 1. The Kier molecular flexibility index (Phi) is 22.6. The second kappa shape index (κ2) is 25.7. The lowest BCUT2D eigenvalue weighted by Gasteiger charge is -2.38. The Morgan fingerprint density at radius 1 is 0.933 bits per heavy atom. The van der Waals surface area contributed by atoms with Crippen LogP contribution in [0.3, 0.4) is 0 Å². The zero-order valence-corrected chi connectivity index (χ0v) is 40.0. The molecule has 3 atom stereocenters. The average molecular weight is 858 g/mol. The van der Waals surface area contributed by atoms with Crippen LogP contribution in [0.4, 0.5) is 0 Å². The van der Waals surface area contributed by atoms with E-state index in [9.17, 15) is 19.5 Å². The fourth-order valence-corrected chi connectivity index (χ4v) is 7.84. The number of rotatable bonds is 27. The van der Waals surface area contributed by atoms with E-state index in [1.54, 1.807) is 58.0 Å². The topological polar surface area (TPSA) is 139 Å². The maximum absolute atomic E-state index is 14.5. The van der Waals surface area contributed by atoms with Gasteiger partial charge < -0.3 is 38.5 Å². The molecule has 1 aromatic rings. The number of aliphatic hydroxyl groups is 1. The fourth-order valence-electron chi connectivity index (χ4n) is 6.79. The van der Waals surface area contributed by atoms with E-state index in [1.807, 2.05) is 6.08 Å². The van der Waals surface area contributed by atoms with Crippen molar-refractivity contribution in [1.82, 2.24) is 5.32 Å². The minimum Gasteiger partial charge on any atom is -0.481 e. The summed E-state index contributed by atoms with van der Waals surface area (Å²) in [6.45, 7) is 21.2. The van der Waals surface area contributed by atoms with E-state index in [4.69, 9.17) is 28.1 Å². The van der Waals surface area contributed by atoms with E-state index in [0.717, 1.165) is 50.5 Å². The average Bonchev–Trinajstić information content (AvgIpc) is 3.64. The zero-order chi connectivity index (χ0) is 44.9. The van der Waals surface area contributed by atoms with Gasteiger partial charge in [0.25, 0.3) is 0 Å². The van der Waals surface area contributed by atoms with Crippen molar-refractivity contribution in [2.75, 3.05) is 33.5 Å². The van der Waals surface area contributed by atoms with Crippen molar-refractivity contribution in [3.63, 3.8) is 0 Å². The van der Waals surface area contributed by atoms with Gasteiger partial charge in [-0.1, -0.05) is 96.4 Å². The van der Waals surface area contributed by atoms with Gasteiger partial charge in [-0.3, -0.25) is 4.79 Å². The molecule has 0 aliphatic carbocycles. The third kappa shape index (κ3) is 18.4. The van der Waals surface area contributed by atoms with Gasteiger partial charge in [0.2, 0.25) is 5.91 Å². The van der Waals surface area contributed by atoms with Gasteiger partial charge >= 0.3 is 11.9 Å². The summed E-state index contributed by atoms with van der Waals surface area (Å²) in [6, 6.07) is 6.01. The van der Waals surface area contributed by atoms with Gasteiger partial charge in [-0.15, -0.1) is 5.92 Å². The van der Waals surface area contributed by atoms with Crippen molar-refractivity contribution in [3.05, 3.63) is 42.0 Å². The second-order valence-electron chi connectivity index (χ2n) is 18.6. The van der Waals surface area contributed by atoms with E-state index < -0.39 is 55.1 Å². The van der Waals surface area contributed by atoms with Crippen LogP contribution in [-0.4, -0.2) is 87.8 Å². The predicted molar refractivity (Wildman–Crippen MR) is 240 cm³/mol. The summed E-state index contributed by atoms with van der Waals surface area (Å²) in [6.07, 6.45) is 15.5. The van der Waals surface area contributed by atoms with Crippen LogP contribution < -0.4 is 10.1 Å². The quantitative estimate of drug-likeness (QED) is 0.0289. The van der Waals surface area contributed by atoms with Crippen LogP contribution in [0.5, 0.6) is 5.75 Å². The highest BCUT2D eigenvalue weighted by molar-refractivity contribution is 6.74. The number of methoxy groups -OCH3 is 1. The summed E-state index contributed by atoms with van der Waals surface area (Å²) >= 11 is 0. The fraction of sp³-hybridized carbons (Fsp3) is 0.729. The Hall–Kier alpha value is -3.21. The van der Waals surface area contributed by atoms with Gasteiger partial charge in [0, 0.05) is 32.3 Å². The standard InChI is InChI=1S/C48H79NO10Si/c1-12-14-16-20-23-30-47(56-35-36-57-47)31-24-21-18-17-19-22-25-40(48(53,44(52)59-45(3,4)5)32-34-58-60(10,11)46(6,7)8)42(50)49-41(43(51)54-9)37-38-26-28-39(29-27-38)55-33-15-13-2/h22,25-29,40-41,53H,12,14,16-21,23-24,30-37H2,1-11H3,(H,49,50)/t40-,41?,48-/m1/s1. The summed E-state index contributed by atoms with van der Waals surface area (Å²) in [5.41, 5.74) is -2.53. The largest absolute Gasteiger partial charge is 0.481 e. The number of carbonyl (C=O) groups excluding carboxylic acids is 3. The molecule has 0 aromatic heterocycles. The van der Waals surface area contributed by atoms with Crippen LogP contribution in [0.15, 0.2) is 36.4 Å². The first-order valence-electron chi connectivity index (χ1n) is 22.3. The van der Waals surface area contributed by atoms with Crippen LogP contribution >= 0.6 is 0 Å². The Morgan fingerprint density at radius 3 is 2.08 bits per heavy atom. The molecule has 2 N–H and O–H groups in total. The van der Waals surface area contributed by atoms with Crippen molar-refractivity contribution in [3.8, 4) is 17.6 Å². The zero-order valence-electron chi connectivity index (χ0n) is 39.0. The van der Waals surface area contributed by atoms with Crippen LogP contribution in [0, 0.1) is 17.8 Å². The summed E-state index contributed by atoms with van der Waals surface area (Å²) in [7, 11) is -1.05. The van der Waals surface area contributed by atoms with Crippen molar-refractivity contribution in [2.45, 2.75) is 186 Å². The molecule has 1 fully saturated rings. The van der Waals surface area contributed by atoms with Crippen LogP contribution in [-0.2, 0) is 44.2 Å². The Balaban J connectivity index is 2.31. The molecule has 0 spiro atoms. The third-order valence-corrected chi connectivity index (χ3v) is 16.0. The van der Waals surface area contributed by atoms with Crippen molar-refractivity contribution in [1.29, 1.82) is 0 Å². The number of hydrogen-bond acceptors (Lipinski definition) is 10. The molecular weight excluding hydrogens is 779 g/mol. The number of benzene rings is 1. The smallest absolute Gasteiger partial charge is 0.339 e. The number of esters is 2. The predicted octanol–water partition coefficient (Wildman–Crippen LogP) is 9.39. The van der Waals surface area contributed by atoms with Crippen molar-refractivity contribution in [2.24, 2.45) is 5.92 Å². The molecule has 11 nitrogen and oxygen atoms in total. The molecular formula is C48H79NO10Si. The number of amides is 1. The summed E-state index contributed by atoms with van der Waals surface area (Å²) in [5.74, 6) is 2.06. The molecule has 1 aliphatic heterocycles. The first-order chi connectivity index (χ1) is 28.2. The molecule has 0 saturated carbocycles. The van der Waals surface area contributed by atoms with Gasteiger partial charge in [-0.2, -0.15) is 0 Å². The highest BCUT2D eigenvalue weighted by atomic mass is 28.4. The summed E-state index contributed by atoms with van der Waals surface area (Å²) in [4.78, 5) is 41.7. The minimum atomic E-state index is -2.32. The molecule has 1 unspecified atom stereocenters. The first kappa shape index (κ1) is 52.9. The molecule has 1 saturated heterocycles. The van der Waals surface area contributed by atoms with E-state index >= 15 is 0 Å². The van der Waals surface area contributed by atoms with Crippen LogP contribution in [0.2, 0.25) is 18.1 Å². The summed E-state index contributed by atoms with van der Waals surface area (Å²) < 4.78 is 35.2. The number of carbonyl (C=O) groups is 3. The van der Waals surface area contributed by atoms with Crippen LogP contribution in [0.25, 0.3) is 0 Å². The summed E-state index contributed by atoms with van der Waals surface area (Å²) in [5, 5.41) is 15.2. The lowest BCUT2D eigenvalue weighted by molar-refractivity contribution is -0.185. The van der Waals surface area contributed by atoms with Crippen molar-refractivity contribution < 1.29 is 47.6 Å². The molecule has 1 amide bonds. The molecule has 60 heavy (non-hydrogen) atoms. The van der Waals surface area contributed by atoms with Gasteiger partial charge in [0.15, 0.2) is 19.7 Å². The maximum atomic E-state index is 14.5. The second-order valence-corrected chi connectivity index (χ2v) is 23.4. The van der Waals surface area contributed by atoms with Crippen molar-refractivity contribution >= 4 is 26.2 Å². The number of unbranched alkanes of at least 4 members (excludes halogenated alkanes) is 8. The minimum absolute atomic E-state index is 0.0240. The molecule has 12 heteroatoms. The molecule has 0 bridgehead atoms. The number of hydrogen-bond donors (Lipinski definition) is 2. The van der Waals surface area contributed by atoms with Gasteiger partial charge in [0.1, 0.15) is 24.0 Å². The molecule has 1 aromatic carbocycles. The highest BCUT2D eigenvalue weighted by Gasteiger charge is 2.50. The first-order valence-corrected chi connectivity index (χ1v) is 25.2. The normalized spacial score (nSPS) is 16.3. The van der Waals surface area contributed by atoms with Gasteiger partial charge in [-0.25, -0.2) is 9.59 Å². The maximum Gasteiger partial charge on any atom is 0.339 e. The van der Waals surface area contributed by atoms with E-state index in [0.29, 0.717) is 25.4 Å². The number of ether oxygens (including phenoxy) is 5. The molecule has 1 aliphatic rings. The van der Waals surface area contributed by atoms with Crippen LogP contribution in [0.1, 0.15) is 144 Å². The van der Waals surface area contributed by atoms with Gasteiger partial charge in [0.05, 0.1) is 26.2 Å². The Morgan fingerprint density at radius 2 is 1.53 bits per heavy atom. The molecule has 2 rings (SSSR count). The lowest BCUT2D eigenvalue weighted by Crippen LogP contribution is -2.57. The SMILES string of the molecule is CC#CCOc1ccc(CC(NC(=O)[C@@H](C=CCCCCCCC2(CCCCCCC)OCCO2)[C@](O)(CCO[Si](C)(C)C(C)(C)C)C(=O)OC(C)(C)C)C(=O)OC)cc1. The Bertz CT molecular complexity index is 1530. The van der Waals surface area contributed by atoms with E-state index in [1.165, 1.54) is 32.8 Å². The van der Waals surface area contributed by atoms with Gasteiger partial charge in [-0.05, 0) is 89.2 Å². The van der Waals surface area contributed by atoms with E-state index in [-0.39, 0.29) is 31.1 Å². The lowest BCUT2D eigenvalue weighted by atomic mass is 9.82. The molecule has 1 heterocycles. The third-order valence-electron chi connectivity index (χ3n) is 11.4. The Labute approximate surface area is 363 Å². The monoisotopic (exact) mass is 858 g/mol.